The van der Waals surface area contributed by atoms with E-state index in [9.17, 15) is 13.2 Å². The Balaban J connectivity index is 1.60. The van der Waals surface area contributed by atoms with Crippen molar-refractivity contribution in [1.82, 2.24) is 5.01 Å². The van der Waals surface area contributed by atoms with Crippen LogP contribution in [0, 0.1) is 11.8 Å². The minimum absolute atomic E-state index is 0.230. The zero-order valence-electron chi connectivity index (χ0n) is 14.3. The topological polar surface area (TPSA) is 15.6 Å². The van der Waals surface area contributed by atoms with Gasteiger partial charge in [-0.1, -0.05) is 57.6 Å². The molecule has 1 saturated carbocycles. The van der Waals surface area contributed by atoms with Gasteiger partial charge in [-0.15, -0.1) is 0 Å². The number of hydrogen-bond acceptors (Lipinski definition) is 2. The Hall–Kier alpha value is -1.26. The van der Waals surface area contributed by atoms with Gasteiger partial charge in [-0.3, -0.25) is 5.01 Å². The molecule has 2 nitrogen and oxygen atoms in total. The van der Waals surface area contributed by atoms with Crippen LogP contribution in [0.25, 0.3) is 0 Å². The second-order valence-electron chi connectivity index (χ2n) is 7.48. The van der Waals surface area contributed by atoms with Crippen LogP contribution in [0.1, 0.15) is 58.3 Å². The molecule has 1 aliphatic heterocycles. The first-order valence-electron chi connectivity index (χ1n) is 9.23. The number of hydrogen-bond donors (Lipinski definition) is 0. The van der Waals surface area contributed by atoms with Crippen molar-refractivity contribution in [1.29, 1.82) is 0 Å². The minimum Gasteiger partial charge on any atom is -0.286 e. The van der Waals surface area contributed by atoms with Gasteiger partial charge in [0.1, 0.15) is 0 Å². The Bertz CT molecular complexity index is 515. The average molecular weight is 340 g/mol. The van der Waals surface area contributed by atoms with Crippen LogP contribution in [-0.2, 0) is 0 Å². The van der Waals surface area contributed by atoms with Gasteiger partial charge in [0.2, 0.25) is 0 Å². The summed E-state index contributed by atoms with van der Waals surface area (Å²) in [5, 5.41) is 6.38. The summed E-state index contributed by atoms with van der Waals surface area (Å²) in [5.74, 6) is 1.17. The summed E-state index contributed by atoms with van der Waals surface area (Å²) in [6, 6.07) is -0.0436. The molecule has 134 valence electrons. The van der Waals surface area contributed by atoms with Crippen LogP contribution >= 0.6 is 0 Å². The lowest BCUT2D eigenvalue weighted by Crippen LogP contribution is -2.39. The van der Waals surface area contributed by atoms with Gasteiger partial charge in [0.25, 0.3) is 0 Å². The van der Waals surface area contributed by atoms with E-state index in [0.29, 0.717) is 12.3 Å². The third-order valence-corrected chi connectivity index (χ3v) is 5.68. The Labute approximate surface area is 142 Å². The standard InChI is InChI=1S/C19H27F3N2/c1-14-13-23-24(17-10-5-9-16(12-17)19(20,21)22)18(14)11-4-8-15-6-2-3-7-15/h5,9,12-15,17-18H,2-4,6-8,10-11H2,1H3. The molecule has 0 aromatic heterocycles. The second-order valence-corrected chi connectivity index (χ2v) is 7.48. The number of allylic oxidation sites excluding steroid dienone is 2. The van der Waals surface area contributed by atoms with Crippen molar-refractivity contribution in [3.8, 4) is 0 Å². The Morgan fingerprint density at radius 3 is 2.67 bits per heavy atom. The monoisotopic (exact) mass is 340 g/mol. The summed E-state index contributed by atoms with van der Waals surface area (Å²) in [6.45, 7) is 2.12. The van der Waals surface area contributed by atoms with Gasteiger partial charge in [0.05, 0.1) is 17.7 Å². The Kier molecular flexibility index (Phi) is 5.36. The van der Waals surface area contributed by atoms with E-state index in [1.165, 1.54) is 44.3 Å². The van der Waals surface area contributed by atoms with Crippen LogP contribution in [0.4, 0.5) is 13.2 Å². The van der Waals surface area contributed by atoms with Crippen molar-refractivity contribution in [3.63, 3.8) is 0 Å². The second kappa shape index (κ2) is 7.32. The van der Waals surface area contributed by atoms with Crippen LogP contribution < -0.4 is 0 Å². The maximum absolute atomic E-state index is 13.0. The zero-order chi connectivity index (χ0) is 17.2. The van der Waals surface area contributed by atoms with E-state index in [-0.39, 0.29) is 12.1 Å². The largest absolute Gasteiger partial charge is 0.416 e. The van der Waals surface area contributed by atoms with Gasteiger partial charge in [-0.2, -0.15) is 18.3 Å². The summed E-state index contributed by atoms with van der Waals surface area (Å²) >= 11 is 0. The zero-order valence-corrected chi connectivity index (χ0v) is 14.3. The van der Waals surface area contributed by atoms with E-state index in [1.807, 2.05) is 11.2 Å². The summed E-state index contributed by atoms with van der Waals surface area (Å²) in [6.07, 6.45) is 11.2. The first-order valence-corrected chi connectivity index (χ1v) is 9.23. The molecule has 0 spiro atoms. The van der Waals surface area contributed by atoms with E-state index in [1.54, 1.807) is 6.08 Å². The molecule has 1 fully saturated rings. The molecule has 0 saturated heterocycles. The van der Waals surface area contributed by atoms with Crippen LogP contribution in [0.15, 0.2) is 28.9 Å². The fourth-order valence-electron chi connectivity index (χ4n) is 4.29. The molecule has 0 aromatic rings. The first-order chi connectivity index (χ1) is 11.4. The molecule has 1 heterocycles. The molecule has 0 amide bonds. The van der Waals surface area contributed by atoms with Crippen molar-refractivity contribution < 1.29 is 13.2 Å². The summed E-state index contributed by atoms with van der Waals surface area (Å²) < 4.78 is 38.9. The predicted octanol–water partition coefficient (Wildman–Crippen LogP) is 5.47. The Morgan fingerprint density at radius 1 is 1.21 bits per heavy atom. The quantitative estimate of drug-likeness (QED) is 0.648. The molecule has 0 aromatic carbocycles. The van der Waals surface area contributed by atoms with E-state index in [4.69, 9.17) is 0 Å². The van der Waals surface area contributed by atoms with Crippen LogP contribution in [0.2, 0.25) is 0 Å². The molecule has 3 rings (SSSR count). The third-order valence-electron chi connectivity index (χ3n) is 5.68. The molecule has 5 heteroatoms. The summed E-state index contributed by atoms with van der Waals surface area (Å²) in [5.41, 5.74) is -0.543. The van der Waals surface area contributed by atoms with Crippen molar-refractivity contribution in [2.75, 3.05) is 0 Å². The van der Waals surface area contributed by atoms with Crippen molar-refractivity contribution in [3.05, 3.63) is 23.8 Å². The van der Waals surface area contributed by atoms with E-state index < -0.39 is 11.7 Å². The van der Waals surface area contributed by atoms with E-state index in [2.05, 4.69) is 12.0 Å². The van der Waals surface area contributed by atoms with Gasteiger partial charge in [0, 0.05) is 12.1 Å². The molecule has 2 aliphatic carbocycles. The summed E-state index contributed by atoms with van der Waals surface area (Å²) in [4.78, 5) is 0. The molecular formula is C19H27F3N2. The lowest BCUT2D eigenvalue weighted by Gasteiger charge is -2.33. The normalized spacial score (nSPS) is 31.1. The van der Waals surface area contributed by atoms with E-state index >= 15 is 0 Å². The highest BCUT2D eigenvalue weighted by Gasteiger charge is 2.37. The Morgan fingerprint density at radius 2 is 1.96 bits per heavy atom. The van der Waals surface area contributed by atoms with Gasteiger partial charge in [-0.05, 0) is 24.8 Å². The van der Waals surface area contributed by atoms with Crippen molar-refractivity contribution >= 4 is 6.21 Å². The maximum atomic E-state index is 13.0. The van der Waals surface area contributed by atoms with Crippen molar-refractivity contribution in [2.45, 2.75) is 76.6 Å². The molecular weight excluding hydrogens is 313 g/mol. The van der Waals surface area contributed by atoms with Crippen LogP contribution in [-0.4, -0.2) is 29.5 Å². The molecule has 3 unspecified atom stereocenters. The average Bonchev–Trinajstić information content (AvgIpc) is 3.17. The lowest BCUT2D eigenvalue weighted by molar-refractivity contribution is -0.0891. The third kappa shape index (κ3) is 4.04. The molecule has 0 bridgehead atoms. The molecule has 3 atom stereocenters. The highest BCUT2D eigenvalue weighted by atomic mass is 19.4. The molecule has 24 heavy (non-hydrogen) atoms. The SMILES string of the molecule is CC1C=NN(C2C=C(C(F)(F)F)C=CC2)C1CCCC1CCCC1. The molecule has 0 radical (unpaired) electrons. The fourth-order valence-corrected chi connectivity index (χ4v) is 4.29. The fraction of sp³-hybridized carbons (Fsp3) is 0.737. The smallest absolute Gasteiger partial charge is 0.286 e. The van der Waals surface area contributed by atoms with Crippen LogP contribution in [0.3, 0.4) is 0 Å². The number of alkyl halides is 3. The predicted molar refractivity (Wildman–Crippen MR) is 90.8 cm³/mol. The van der Waals surface area contributed by atoms with Crippen LogP contribution in [0.5, 0.6) is 0 Å². The first kappa shape index (κ1) is 17.6. The summed E-state index contributed by atoms with van der Waals surface area (Å²) in [7, 11) is 0. The highest BCUT2D eigenvalue weighted by Crippen LogP contribution is 2.35. The minimum atomic E-state index is -4.28. The molecule has 3 aliphatic rings. The number of rotatable bonds is 5. The van der Waals surface area contributed by atoms with Gasteiger partial charge in [-0.25, -0.2) is 0 Å². The van der Waals surface area contributed by atoms with Gasteiger partial charge >= 0.3 is 6.18 Å². The van der Waals surface area contributed by atoms with E-state index in [0.717, 1.165) is 18.8 Å². The van der Waals surface area contributed by atoms with Gasteiger partial charge < -0.3 is 0 Å². The lowest BCUT2D eigenvalue weighted by atomic mass is 9.92. The maximum Gasteiger partial charge on any atom is 0.416 e. The number of nitrogens with zero attached hydrogens (tertiary/aromatic N) is 2. The number of halogens is 3. The highest BCUT2D eigenvalue weighted by molar-refractivity contribution is 5.63. The van der Waals surface area contributed by atoms with Gasteiger partial charge in [0.15, 0.2) is 0 Å². The van der Waals surface area contributed by atoms with Crippen molar-refractivity contribution in [2.24, 2.45) is 16.9 Å². The number of hydrazone groups is 1. The molecule has 0 N–H and O–H groups in total.